The molecule has 0 bridgehead atoms. The first kappa shape index (κ1) is 26.6. The number of ketones is 1. The highest BCUT2D eigenvalue weighted by Crippen LogP contribution is 2.70. The summed E-state index contributed by atoms with van der Waals surface area (Å²) < 4.78 is 13.3. The molecule has 40 heavy (non-hydrogen) atoms. The molecule has 3 saturated carbocycles. The van der Waals surface area contributed by atoms with E-state index in [9.17, 15) is 14.7 Å². The van der Waals surface area contributed by atoms with Crippen molar-refractivity contribution in [1.29, 1.82) is 0 Å². The van der Waals surface area contributed by atoms with Crippen molar-refractivity contribution >= 4 is 33.4 Å². The second-order valence-corrected chi connectivity index (χ2v) is 14.5. The van der Waals surface area contributed by atoms with Gasteiger partial charge in [0, 0.05) is 22.5 Å². The van der Waals surface area contributed by atoms with Gasteiger partial charge in [0.1, 0.15) is 0 Å². The Kier molecular flexibility index (Phi) is 5.91. The zero-order chi connectivity index (χ0) is 28.1. The molecule has 0 amide bonds. The third-order valence-electron chi connectivity index (χ3n) is 11.0. The normalized spacial score (nSPS) is 41.2. The fraction of sp³-hybridized carbons (Fsp3) is 0.529. The van der Waals surface area contributed by atoms with Gasteiger partial charge >= 0.3 is 0 Å². The number of allylic oxidation sites excluding steroid dienone is 4. The maximum absolute atomic E-state index is 14.4. The molecule has 8 atom stereocenters. The van der Waals surface area contributed by atoms with Crippen molar-refractivity contribution in [3.05, 3.63) is 71.8 Å². The zero-order valence-corrected chi connectivity index (χ0v) is 24.5. The third-order valence-corrected chi connectivity index (χ3v) is 12.0. The largest absolute Gasteiger partial charge is 0.393 e. The highest BCUT2D eigenvalue weighted by atomic mass is 32.2. The molecule has 1 N–H and O–H groups in total. The number of aliphatic hydroxyl groups is 1. The molecule has 6 heteroatoms. The van der Waals surface area contributed by atoms with E-state index in [0.29, 0.717) is 12.2 Å². The second kappa shape index (κ2) is 8.87. The zero-order valence-electron chi connectivity index (χ0n) is 23.7. The lowest BCUT2D eigenvalue weighted by molar-refractivity contribution is -0.221. The maximum atomic E-state index is 14.4. The summed E-state index contributed by atoms with van der Waals surface area (Å²) in [7, 11) is 0. The van der Waals surface area contributed by atoms with Crippen LogP contribution in [0.4, 0.5) is 0 Å². The van der Waals surface area contributed by atoms with E-state index in [1.807, 2.05) is 32.1 Å². The van der Waals surface area contributed by atoms with Crippen LogP contribution in [0, 0.1) is 28.6 Å². The van der Waals surface area contributed by atoms with Crippen molar-refractivity contribution in [2.45, 2.75) is 82.7 Å². The summed E-state index contributed by atoms with van der Waals surface area (Å²) in [5.41, 5.74) is 0.199. The van der Waals surface area contributed by atoms with Crippen molar-refractivity contribution < 1.29 is 24.2 Å². The van der Waals surface area contributed by atoms with Crippen LogP contribution < -0.4 is 0 Å². The SMILES string of the molecule is CC1(C)O[C@H]2CC3C4CCC5=CC(=O)C=CC5(C)C4[C@@H](O)CC3(C)[C@]2(C(=O)SCc2ccc3ccccc3c2)O1. The Hall–Kier alpha value is -2.25. The summed E-state index contributed by atoms with van der Waals surface area (Å²) in [6.45, 7) is 8.15. The van der Waals surface area contributed by atoms with Crippen molar-refractivity contribution in [2.75, 3.05) is 0 Å². The Labute approximate surface area is 240 Å². The Balaban J connectivity index is 1.22. The molecule has 2 aromatic rings. The van der Waals surface area contributed by atoms with Gasteiger partial charge in [-0.1, -0.05) is 79.7 Å². The summed E-state index contributed by atoms with van der Waals surface area (Å²) in [4.78, 5) is 26.6. The lowest BCUT2D eigenvalue weighted by Gasteiger charge is -2.59. The number of rotatable bonds is 3. The van der Waals surface area contributed by atoms with Gasteiger partial charge in [0.15, 0.2) is 17.2 Å². The van der Waals surface area contributed by atoms with E-state index in [2.05, 4.69) is 44.2 Å². The summed E-state index contributed by atoms with van der Waals surface area (Å²) >= 11 is 1.32. The molecule has 5 aliphatic rings. The molecule has 1 heterocycles. The van der Waals surface area contributed by atoms with E-state index in [1.54, 1.807) is 12.2 Å². The third kappa shape index (κ3) is 3.65. The van der Waals surface area contributed by atoms with Crippen LogP contribution in [-0.4, -0.2) is 39.6 Å². The summed E-state index contributed by atoms with van der Waals surface area (Å²) in [5, 5.41) is 14.2. The highest BCUT2D eigenvalue weighted by Gasteiger charge is 2.77. The van der Waals surface area contributed by atoms with E-state index in [-0.39, 0.29) is 40.2 Å². The van der Waals surface area contributed by atoms with Gasteiger partial charge in [0.25, 0.3) is 0 Å². The molecule has 1 aliphatic heterocycles. The molecule has 5 nitrogen and oxygen atoms in total. The first-order valence-corrected chi connectivity index (χ1v) is 15.6. The average Bonchev–Trinajstić information content (AvgIpc) is 3.32. The summed E-state index contributed by atoms with van der Waals surface area (Å²) in [6.07, 6.45) is 7.46. The Morgan fingerprint density at radius 3 is 2.67 bits per heavy atom. The maximum Gasteiger partial charge on any atom is 0.224 e. The van der Waals surface area contributed by atoms with Gasteiger partial charge in [-0.2, -0.15) is 0 Å². The van der Waals surface area contributed by atoms with Crippen LogP contribution in [0.3, 0.4) is 0 Å². The molecule has 4 fully saturated rings. The smallest absolute Gasteiger partial charge is 0.224 e. The first-order valence-electron chi connectivity index (χ1n) is 14.6. The number of aliphatic hydroxyl groups excluding tert-OH is 1. The van der Waals surface area contributed by atoms with Crippen molar-refractivity contribution in [3.63, 3.8) is 0 Å². The highest BCUT2D eigenvalue weighted by molar-refractivity contribution is 8.13. The van der Waals surface area contributed by atoms with Gasteiger partial charge in [-0.3, -0.25) is 9.59 Å². The molecule has 0 spiro atoms. The number of thioether (sulfide) groups is 1. The van der Waals surface area contributed by atoms with Crippen LogP contribution in [0.5, 0.6) is 0 Å². The van der Waals surface area contributed by atoms with E-state index >= 15 is 0 Å². The van der Waals surface area contributed by atoms with Crippen LogP contribution in [0.2, 0.25) is 0 Å². The van der Waals surface area contributed by atoms with Gasteiger partial charge in [-0.15, -0.1) is 0 Å². The van der Waals surface area contributed by atoms with Gasteiger partial charge in [-0.25, -0.2) is 0 Å². The molecule has 2 aromatic carbocycles. The Morgan fingerprint density at radius 2 is 1.88 bits per heavy atom. The van der Waals surface area contributed by atoms with Gasteiger partial charge in [0.05, 0.1) is 12.2 Å². The Morgan fingerprint density at radius 1 is 1.10 bits per heavy atom. The molecule has 1 saturated heterocycles. The van der Waals surface area contributed by atoms with E-state index in [1.165, 1.54) is 17.1 Å². The number of hydrogen-bond acceptors (Lipinski definition) is 6. The second-order valence-electron chi connectivity index (χ2n) is 13.5. The lowest BCUT2D eigenvalue weighted by atomic mass is 9.46. The van der Waals surface area contributed by atoms with E-state index in [0.717, 1.165) is 35.8 Å². The fourth-order valence-electron chi connectivity index (χ4n) is 9.36. The van der Waals surface area contributed by atoms with Crippen molar-refractivity contribution in [2.24, 2.45) is 28.6 Å². The summed E-state index contributed by atoms with van der Waals surface area (Å²) in [6, 6.07) is 14.6. The predicted octanol–water partition coefficient (Wildman–Crippen LogP) is 6.38. The summed E-state index contributed by atoms with van der Waals surface area (Å²) in [5.74, 6) is 0.108. The molecule has 5 unspecified atom stereocenters. The topological polar surface area (TPSA) is 72.8 Å². The minimum absolute atomic E-state index is 0.000772. The Bertz CT molecular complexity index is 1480. The number of benzene rings is 2. The first-order chi connectivity index (χ1) is 19.0. The minimum Gasteiger partial charge on any atom is -0.393 e. The number of carbonyl (C=O) groups is 2. The molecule has 210 valence electrons. The lowest BCUT2D eigenvalue weighted by Crippen LogP contribution is -2.63. The van der Waals surface area contributed by atoms with E-state index < -0.39 is 22.9 Å². The number of carbonyl (C=O) groups excluding carboxylic acids is 2. The van der Waals surface area contributed by atoms with Crippen molar-refractivity contribution in [1.82, 2.24) is 0 Å². The molecular formula is C34H38O5S. The van der Waals surface area contributed by atoms with Crippen LogP contribution in [0.1, 0.15) is 58.9 Å². The quantitative estimate of drug-likeness (QED) is 0.471. The molecular weight excluding hydrogens is 520 g/mol. The standard InChI is InChI=1S/C34H38O5S/c1-31(2)38-28-17-26-25-12-11-23-16-24(35)13-14-32(23,3)29(25)27(36)18-33(26,4)34(28,39-31)30(37)40-19-20-9-10-21-7-5-6-8-22(21)15-20/h5-10,13-16,25-29,36H,11-12,17-19H2,1-4H3/t25?,26?,27-,28-,29?,32?,33?,34-/m0/s1. The van der Waals surface area contributed by atoms with Crippen LogP contribution >= 0.6 is 11.8 Å². The number of fused-ring (bicyclic) bond motifs is 8. The van der Waals surface area contributed by atoms with Crippen LogP contribution in [0.15, 0.2) is 66.3 Å². The molecule has 4 aliphatic carbocycles. The molecule has 0 aromatic heterocycles. The van der Waals surface area contributed by atoms with Gasteiger partial charge < -0.3 is 14.6 Å². The van der Waals surface area contributed by atoms with Gasteiger partial charge in [-0.05, 0) is 79.9 Å². The van der Waals surface area contributed by atoms with Crippen molar-refractivity contribution in [3.8, 4) is 0 Å². The molecule has 0 radical (unpaired) electrons. The monoisotopic (exact) mass is 558 g/mol. The fourth-order valence-corrected chi connectivity index (χ4v) is 10.5. The number of ether oxygens (including phenoxy) is 2. The number of hydrogen-bond donors (Lipinski definition) is 1. The predicted molar refractivity (Wildman–Crippen MR) is 156 cm³/mol. The average molecular weight is 559 g/mol. The van der Waals surface area contributed by atoms with Crippen LogP contribution in [-0.2, 0) is 24.8 Å². The van der Waals surface area contributed by atoms with Crippen LogP contribution in [0.25, 0.3) is 10.8 Å². The minimum atomic E-state index is -1.12. The van der Waals surface area contributed by atoms with Gasteiger partial charge in [0.2, 0.25) is 5.12 Å². The molecule has 7 rings (SSSR count). The van der Waals surface area contributed by atoms with E-state index in [4.69, 9.17) is 9.47 Å².